The van der Waals surface area contributed by atoms with Gasteiger partial charge in [-0.2, -0.15) is 0 Å². The first-order valence-electron chi connectivity index (χ1n) is 27.9. The first-order chi connectivity index (χ1) is 40.3. The van der Waals surface area contributed by atoms with Crippen LogP contribution in [-0.2, 0) is 78.4 Å². The number of amides is 9. The van der Waals surface area contributed by atoms with E-state index in [4.69, 9.17) is 17.2 Å². The third kappa shape index (κ3) is 25.0. The molecule has 0 aromatic heterocycles. The first-order valence-corrected chi connectivity index (χ1v) is 27.9. The number of rotatable bonds is 38. The first kappa shape index (κ1) is 67.5. The standard InChI is InChI=1S/C60H79N11O13/c1-38(72)64-47(34-39-18-6-2-7-19-39)57(81)66-44(26-14-16-32-61)54(78)70-50(37-42-24-12-5-13-25-42)60(84)68-46(29-31-52(75)76)56(80)71-49(36-41-22-10-4-11-23-41)59(83)67-45(27-15-17-33-62)55(79)69-48(35-40-20-8-3-9-21-40)58(82)65-43(53(63)77)28-30-51(73)74/h2-13,18-25,43-50H,14-17,26-37,61-62H2,1H3,(H2,63,77)(H,64,72)(H,65,82)(H,66,81)(H,67,83)(H,68,84)(H,69,79)(H,70,78)(H,71,80)(H,73,74)(H,75,76)/t43-,44-,45-,46-,47-,48-,49-,50-/m0/s1. The van der Waals surface area contributed by atoms with Gasteiger partial charge < -0.3 is 69.9 Å². The maximum atomic E-state index is 14.7. The normalized spacial score (nSPS) is 13.8. The van der Waals surface area contributed by atoms with Gasteiger partial charge in [0.15, 0.2) is 0 Å². The van der Waals surface area contributed by atoms with Gasteiger partial charge in [-0.05, 0) is 86.7 Å². The number of nitrogens with one attached hydrogen (secondary N) is 8. The molecule has 0 saturated heterocycles. The van der Waals surface area contributed by atoms with Crippen LogP contribution in [0.1, 0.15) is 93.4 Å². The van der Waals surface area contributed by atoms with E-state index in [1.54, 1.807) is 121 Å². The molecular formula is C60H79N11O13. The molecule has 4 aromatic carbocycles. The van der Waals surface area contributed by atoms with Gasteiger partial charge in [-0.15, -0.1) is 0 Å². The van der Waals surface area contributed by atoms with Crippen molar-refractivity contribution in [3.63, 3.8) is 0 Å². The van der Waals surface area contributed by atoms with E-state index in [0.717, 1.165) is 5.56 Å². The highest BCUT2D eigenvalue weighted by atomic mass is 16.4. The highest BCUT2D eigenvalue weighted by Gasteiger charge is 2.35. The number of hydrogen-bond donors (Lipinski definition) is 13. The summed E-state index contributed by atoms with van der Waals surface area (Å²) in [6, 6.07) is 23.3. The van der Waals surface area contributed by atoms with Gasteiger partial charge in [-0.1, -0.05) is 121 Å². The molecule has 4 rings (SSSR count). The smallest absolute Gasteiger partial charge is 0.303 e. The molecule has 0 bridgehead atoms. The van der Waals surface area contributed by atoms with Crippen LogP contribution >= 0.6 is 0 Å². The zero-order chi connectivity index (χ0) is 61.4. The van der Waals surface area contributed by atoms with Gasteiger partial charge in [0, 0.05) is 45.4 Å². The molecule has 0 heterocycles. The summed E-state index contributed by atoms with van der Waals surface area (Å²) in [7, 11) is 0. The van der Waals surface area contributed by atoms with Gasteiger partial charge in [0.1, 0.15) is 48.3 Å². The molecule has 0 aliphatic heterocycles. The number of benzene rings is 4. The zero-order valence-corrected chi connectivity index (χ0v) is 47.1. The van der Waals surface area contributed by atoms with Gasteiger partial charge in [-0.25, -0.2) is 0 Å². The number of carboxylic acid groups (broad SMARTS) is 2. The Morgan fingerprint density at radius 2 is 0.583 bits per heavy atom. The summed E-state index contributed by atoms with van der Waals surface area (Å²) in [5, 5.41) is 40.3. The highest BCUT2D eigenvalue weighted by Crippen LogP contribution is 2.13. The van der Waals surface area contributed by atoms with Crippen LogP contribution < -0.4 is 59.7 Å². The molecule has 9 amide bonds. The van der Waals surface area contributed by atoms with Crippen molar-refractivity contribution in [2.45, 2.75) is 145 Å². The zero-order valence-electron chi connectivity index (χ0n) is 47.1. The molecule has 84 heavy (non-hydrogen) atoms. The van der Waals surface area contributed by atoms with Gasteiger partial charge in [-0.3, -0.25) is 52.7 Å². The molecule has 0 aliphatic rings. The van der Waals surface area contributed by atoms with Gasteiger partial charge in [0.05, 0.1) is 0 Å². The van der Waals surface area contributed by atoms with E-state index in [2.05, 4.69) is 42.5 Å². The quantitative estimate of drug-likeness (QED) is 0.0269. The lowest BCUT2D eigenvalue weighted by Gasteiger charge is -2.28. The van der Waals surface area contributed by atoms with Crippen molar-refractivity contribution in [1.82, 2.24) is 42.5 Å². The van der Waals surface area contributed by atoms with Gasteiger partial charge in [0.25, 0.3) is 0 Å². The lowest BCUT2D eigenvalue weighted by atomic mass is 10.0. The fourth-order valence-corrected chi connectivity index (χ4v) is 9.00. The fourth-order valence-electron chi connectivity index (χ4n) is 9.00. The number of carboxylic acids is 2. The molecule has 452 valence electrons. The Hall–Kier alpha value is -9.03. The van der Waals surface area contributed by atoms with Gasteiger partial charge in [0.2, 0.25) is 53.2 Å². The molecule has 0 fully saturated rings. The molecule has 0 unspecified atom stereocenters. The van der Waals surface area contributed by atoms with Crippen molar-refractivity contribution >= 4 is 65.1 Å². The molecule has 0 spiro atoms. The average Bonchev–Trinajstić information content (AvgIpc) is 3.68. The number of nitrogens with two attached hydrogens (primary N) is 3. The van der Waals surface area contributed by atoms with Crippen LogP contribution in [0.2, 0.25) is 0 Å². The minimum absolute atomic E-state index is 0.0179. The SMILES string of the molecule is CC(=O)N[C@@H](Cc1ccccc1)C(=O)N[C@@H](CCCCN)C(=O)N[C@@H](Cc1ccccc1)C(=O)N[C@@H](CCC(=O)O)C(=O)N[C@@H](Cc1ccccc1)C(=O)N[C@@H](CCCCN)C(=O)N[C@@H](Cc1ccccc1)C(=O)N[C@@H](CCC(=O)O)C(N)=O. The van der Waals surface area contributed by atoms with E-state index in [1.807, 2.05) is 0 Å². The van der Waals surface area contributed by atoms with E-state index < -0.39 is 133 Å². The molecule has 16 N–H and O–H groups in total. The second-order valence-corrected chi connectivity index (χ2v) is 20.3. The van der Waals surface area contributed by atoms with E-state index in [1.165, 1.54) is 6.92 Å². The van der Waals surface area contributed by atoms with E-state index in [0.29, 0.717) is 42.4 Å². The lowest BCUT2D eigenvalue weighted by Crippen LogP contribution is -2.61. The minimum Gasteiger partial charge on any atom is -0.481 e. The van der Waals surface area contributed by atoms with E-state index in [9.17, 15) is 63.0 Å². The Balaban J connectivity index is 1.66. The monoisotopic (exact) mass is 1160 g/mol. The number of primary amides is 1. The average molecular weight is 1160 g/mol. The molecular weight excluding hydrogens is 1080 g/mol. The minimum atomic E-state index is -1.65. The van der Waals surface area contributed by atoms with Crippen molar-refractivity contribution in [3.8, 4) is 0 Å². The molecule has 24 heteroatoms. The van der Waals surface area contributed by atoms with Crippen molar-refractivity contribution in [1.29, 1.82) is 0 Å². The summed E-state index contributed by atoms with van der Waals surface area (Å²) < 4.78 is 0. The van der Waals surface area contributed by atoms with E-state index in [-0.39, 0.29) is 58.0 Å². The Morgan fingerprint density at radius 3 is 0.845 bits per heavy atom. The van der Waals surface area contributed by atoms with E-state index >= 15 is 0 Å². The van der Waals surface area contributed by atoms with Crippen LogP contribution in [0.4, 0.5) is 0 Å². The maximum Gasteiger partial charge on any atom is 0.303 e. The predicted octanol–water partition coefficient (Wildman–Crippen LogP) is 0.328. The lowest BCUT2D eigenvalue weighted by molar-refractivity contribution is -0.139. The number of hydrogen-bond acceptors (Lipinski definition) is 13. The largest absolute Gasteiger partial charge is 0.481 e. The molecule has 4 aromatic rings. The summed E-state index contributed by atoms with van der Waals surface area (Å²) in [5.41, 5.74) is 19.5. The predicted molar refractivity (Wildman–Crippen MR) is 310 cm³/mol. The Bertz CT molecular complexity index is 2800. The van der Waals surface area contributed by atoms with Gasteiger partial charge >= 0.3 is 11.9 Å². The Kier molecular flexibility index (Phi) is 29.3. The van der Waals surface area contributed by atoms with Crippen molar-refractivity contribution in [2.24, 2.45) is 17.2 Å². The number of unbranched alkanes of at least 4 members (excludes halogenated alkanes) is 2. The second kappa shape index (κ2) is 36.4. The number of aliphatic carboxylic acids is 2. The molecule has 0 saturated carbocycles. The maximum absolute atomic E-state index is 14.7. The van der Waals surface area contributed by atoms with Crippen LogP contribution in [0, 0.1) is 0 Å². The Morgan fingerprint density at radius 1 is 0.345 bits per heavy atom. The fraction of sp³-hybridized carbons (Fsp3) is 0.417. The third-order valence-electron chi connectivity index (χ3n) is 13.5. The van der Waals surface area contributed by atoms with Crippen molar-refractivity contribution in [3.05, 3.63) is 144 Å². The molecule has 8 atom stereocenters. The topological polar surface area (TPSA) is 403 Å². The number of carbonyl (C=O) groups excluding carboxylic acids is 9. The second-order valence-electron chi connectivity index (χ2n) is 20.3. The van der Waals surface area contributed by atoms with Crippen LogP contribution in [0.3, 0.4) is 0 Å². The summed E-state index contributed by atoms with van der Waals surface area (Å²) in [6.07, 6.45) is -0.688. The van der Waals surface area contributed by atoms with Crippen LogP contribution in [0.25, 0.3) is 0 Å². The summed E-state index contributed by atoms with van der Waals surface area (Å²) in [6.45, 7) is 1.75. The highest BCUT2D eigenvalue weighted by molar-refractivity contribution is 5.98. The molecule has 0 aliphatic carbocycles. The summed E-state index contributed by atoms with van der Waals surface area (Å²) >= 11 is 0. The summed E-state index contributed by atoms with van der Waals surface area (Å²) in [5.74, 6) is -10.1. The molecule has 0 radical (unpaired) electrons. The summed E-state index contributed by atoms with van der Waals surface area (Å²) in [4.78, 5) is 149. The van der Waals surface area contributed by atoms with Crippen LogP contribution in [-0.4, -0.2) is 137 Å². The Labute approximate surface area is 488 Å². The van der Waals surface area contributed by atoms with Crippen molar-refractivity contribution < 1.29 is 63.0 Å². The van der Waals surface area contributed by atoms with Crippen LogP contribution in [0.15, 0.2) is 121 Å². The van der Waals surface area contributed by atoms with Crippen molar-refractivity contribution in [2.75, 3.05) is 13.1 Å². The number of carbonyl (C=O) groups is 11. The van der Waals surface area contributed by atoms with Crippen LogP contribution in [0.5, 0.6) is 0 Å². The third-order valence-corrected chi connectivity index (χ3v) is 13.5. The molecule has 24 nitrogen and oxygen atoms in total.